The fourth-order valence-corrected chi connectivity index (χ4v) is 4.85. The van der Waals surface area contributed by atoms with Crippen LogP contribution in [0.4, 0.5) is 5.69 Å². The van der Waals surface area contributed by atoms with Crippen LogP contribution in [0.15, 0.2) is 42.9 Å². The van der Waals surface area contributed by atoms with Gasteiger partial charge in [0, 0.05) is 61.5 Å². The molecule has 2 aromatic heterocycles. The molecule has 8 nitrogen and oxygen atoms in total. The van der Waals surface area contributed by atoms with E-state index < -0.39 is 0 Å². The number of aryl methyl sites for hydroxylation is 1. The molecule has 5 rings (SSSR count). The zero-order chi connectivity index (χ0) is 21.2. The average Bonchev–Trinajstić information content (AvgIpc) is 3.47. The van der Waals surface area contributed by atoms with Crippen LogP contribution < -0.4 is 4.90 Å². The van der Waals surface area contributed by atoms with Gasteiger partial charge in [0.05, 0.1) is 18.8 Å². The zero-order valence-electron chi connectivity index (χ0n) is 17.7. The predicted octanol–water partition coefficient (Wildman–Crippen LogP) is 3.00. The molecule has 2 saturated heterocycles. The van der Waals surface area contributed by atoms with E-state index in [1.165, 1.54) is 0 Å². The lowest BCUT2D eigenvalue weighted by atomic mass is 10.0. The summed E-state index contributed by atoms with van der Waals surface area (Å²) in [6, 6.07) is 8.70. The molecule has 1 unspecified atom stereocenters. The van der Waals surface area contributed by atoms with E-state index in [0.29, 0.717) is 19.4 Å². The van der Waals surface area contributed by atoms with Crippen molar-refractivity contribution >= 4 is 28.4 Å². The average molecular weight is 421 g/mol. The second-order valence-electron chi connectivity index (χ2n) is 8.52. The Morgan fingerprint density at radius 3 is 2.87 bits per heavy atom. The van der Waals surface area contributed by atoms with Gasteiger partial charge in [-0.25, -0.2) is 0 Å². The van der Waals surface area contributed by atoms with Gasteiger partial charge in [-0.05, 0) is 49.9 Å². The summed E-state index contributed by atoms with van der Waals surface area (Å²) >= 11 is 0. The van der Waals surface area contributed by atoms with Crippen molar-refractivity contribution in [3.05, 3.63) is 42.9 Å². The van der Waals surface area contributed by atoms with Crippen LogP contribution in [0, 0.1) is 0 Å². The second kappa shape index (κ2) is 8.53. The Bertz CT molecular complexity index is 1070. The first-order valence-corrected chi connectivity index (χ1v) is 11.2. The van der Waals surface area contributed by atoms with Crippen molar-refractivity contribution in [2.75, 3.05) is 24.5 Å². The Morgan fingerprint density at radius 2 is 2.03 bits per heavy atom. The first-order valence-electron chi connectivity index (χ1n) is 11.2. The molecule has 1 aromatic carbocycles. The van der Waals surface area contributed by atoms with E-state index in [-0.39, 0.29) is 17.9 Å². The normalized spacial score (nSPS) is 19.9. The molecule has 4 heterocycles. The van der Waals surface area contributed by atoms with Crippen LogP contribution in [0.3, 0.4) is 0 Å². The third-order valence-electron chi connectivity index (χ3n) is 6.51. The topological polar surface area (TPSA) is 76.3 Å². The molecule has 2 amide bonds. The Kier molecular flexibility index (Phi) is 5.44. The number of nitrogens with zero attached hydrogens (tertiary/aromatic N) is 6. The fourth-order valence-electron chi connectivity index (χ4n) is 4.85. The summed E-state index contributed by atoms with van der Waals surface area (Å²) in [4.78, 5) is 28.9. The number of amides is 2. The van der Waals surface area contributed by atoms with Crippen molar-refractivity contribution in [3.8, 4) is 0 Å². The van der Waals surface area contributed by atoms with Crippen LogP contribution in [-0.2, 0) is 16.1 Å². The lowest BCUT2D eigenvalue weighted by Crippen LogP contribution is -2.40. The van der Waals surface area contributed by atoms with Gasteiger partial charge in [0.1, 0.15) is 0 Å². The summed E-state index contributed by atoms with van der Waals surface area (Å²) in [5, 5.41) is 8.87. The highest BCUT2D eigenvalue weighted by Gasteiger charge is 2.26. The molecule has 8 heteroatoms. The minimum Gasteiger partial charge on any atom is -0.343 e. The highest BCUT2D eigenvalue weighted by atomic mass is 16.2. The molecule has 0 radical (unpaired) electrons. The first-order chi connectivity index (χ1) is 15.2. The fraction of sp³-hybridized carbons (Fsp3) is 0.478. The molecule has 2 fully saturated rings. The Labute approximate surface area is 181 Å². The lowest BCUT2D eigenvalue weighted by Gasteiger charge is -2.34. The van der Waals surface area contributed by atoms with Crippen molar-refractivity contribution in [2.45, 2.75) is 51.1 Å². The van der Waals surface area contributed by atoms with Crippen LogP contribution in [0.1, 0.15) is 44.6 Å². The van der Waals surface area contributed by atoms with Gasteiger partial charge < -0.3 is 14.4 Å². The number of fused-ring (bicyclic) bond motifs is 1. The van der Waals surface area contributed by atoms with E-state index in [4.69, 9.17) is 0 Å². The van der Waals surface area contributed by atoms with Crippen LogP contribution in [0.2, 0.25) is 0 Å². The smallest absolute Gasteiger partial charge is 0.226 e. The zero-order valence-corrected chi connectivity index (χ0v) is 17.7. The lowest BCUT2D eigenvalue weighted by molar-refractivity contribution is -0.133. The third kappa shape index (κ3) is 4.06. The molecule has 0 spiro atoms. The van der Waals surface area contributed by atoms with E-state index in [2.05, 4.69) is 45.3 Å². The minimum atomic E-state index is 0.169. The number of rotatable bonds is 5. The predicted molar refractivity (Wildman–Crippen MR) is 118 cm³/mol. The summed E-state index contributed by atoms with van der Waals surface area (Å²) < 4.78 is 4.00. The number of anilines is 1. The molecule has 31 heavy (non-hydrogen) atoms. The number of likely N-dealkylation sites (tertiary alicyclic amines) is 1. The van der Waals surface area contributed by atoms with E-state index >= 15 is 0 Å². The van der Waals surface area contributed by atoms with Gasteiger partial charge in [0.2, 0.25) is 11.8 Å². The molecule has 3 aromatic rings. The molecule has 0 aliphatic carbocycles. The van der Waals surface area contributed by atoms with Gasteiger partial charge >= 0.3 is 0 Å². The molecule has 2 aliphatic rings. The van der Waals surface area contributed by atoms with Crippen molar-refractivity contribution < 1.29 is 9.59 Å². The molecular weight excluding hydrogens is 392 g/mol. The van der Waals surface area contributed by atoms with E-state index in [1.807, 2.05) is 9.80 Å². The first kappa shape index (κ1) is 19.8. The molecule has 1 atom stereocenters. The maximum Gasteiger partial charge on any atom is 0.226 e. The van der Waals surface area contributed by atoms with Crippen LogP contribution in [0.25, 0.3) is 10.9 Å². The maximum absolute atomic E-state index is 12.7. The van der Waals surface area contributed by atoms with Gasteiger partial charge in [0.25, 0.3) is 0 Å². The minimum absolute atomic E-state index is 0.169. The number of hydrogen-bond donors (Lipinski definition) is 0. The molecule has 2 aliphatic heterocycles. The molecular formula is C23H28N6O2. The summed E-state index contributed by atoms with van der Waals surface area (Å²) in [5.41, 5.74) is 2.15. The van der Waals surface area contributed by atoms with Gasteiger partial charge in [-0.15, -0.1) is 5.10 Å². The van der Waals surface area contributed by atoms with Gasteiger partial charge in [-0.1, -0.05) is 5.21 Å². The number of piperidine rings is 2. The number of benzene rings is 1. The SMILES string of the molecule is O=C(CCn1ccnn1)N1CCCC(n2ccc3cc(N4CCCCC4=O)ccc32)C1. The Hall–Kier alpha value is -3.16. The second-order valence-corrected chi connectivity index (χ2v) is 8.52. The monoisotopic (exact) mass is 420 g/mol. The number of carbonyl (C=O) groups is 2. The van der Waals surface area contributed by atoms with E-state index in [9.17, 15) is 9.59 Å². The summed E-state index contributed by atoms with van der Waals surface area (Å²) in [7, 11) is 0. The number of carbonyl (C=O) groups excluding carboxylic acids is 2. The molecule has 0 N–H and O–H groups in total. The van der Waals surface area contributed by atoms with Crippen molar-refractivity contribution in [1.82, 2.24) is 24.5 Å². The van der Waals surface area contributed by atoms with Crippen LogP contribution in [-0.4, -0.2) is 55.9 Å². The molecule has 162 valence electrons. The largest absolute Gasteiger partial charge is 0.343 e. The number of aromatic nitrogens is 4. The van der Waals surface area contributed by atoms with Crippen LogP contribution >= 0.6 is 0 Å². The highest BCUT2D eigenvalue weighted by Crippen LogP contribution is 2.30. The summed E-state index contributed by atoms with van der Waals surface area (Å²) in [6.07, 6.45) is 10.7. The van der Waals surface area contributed by atoms with Gasteiger partial charge in [0.15, 0.2) is 0 Å². The molecule has 0 saturated carbocycles. The third-order valence-corrected chi connectivity index (χ3v) is 6.51. The quantitative estimate of drug-likeness (QED) is 0.636. The molecule has 0 bridgehead atoms. The number of hydrogen-bond acceptors (Lipinski definition) is 4. The van der Waals surface area contributed by atoms with Crippen molar-refractivity contribution in [2.24, 2.45) is 0 Å². The maximum atomic E-state index is 12.7. The highest BCUT2D eigenvalue weighted by molar-refractivity contribution is 5.96. The summed E-state index contributed by atoms with van der Waals surface area (Å²) in [6.45, 7) is 2.91. The standard InChI is InChI=1S/C23H28N6O2/c30-22(9-13-27-15-10-24-25-27)26-11-3-4-20(17-26)28-14-8-18-16-19(6-7-21(18)28)29-12-2-1-5-23(29)31/h6-8,10,14-16,20H,1-5,9,11-13,17H2. The van der Waals surface area contributed by atoms with Crippen LogP contribution in [0.5, 0.6) is 0 Å². The Balaban J connectivity index is 1.29. The van der Waals surface area contributed by atoms with E-state index in [1.54, 1.807) is 17.1 Å². The summed E-state index contributed by atoms with van der Waals surface area (Å²) in [5.74, 6) is 0.389. The van der Waals surface area contributed by atoms with Gasteiger partial charge in [-0.3, -0.25) is 14.3 Å². The van der Waals surface area contributed by atoms with E-state index in [0.717, 1.165) is 61.9 Å². The van der Waals surface area contributed by atoms with Crippen molar-refractivity contribution in [1.29, 1.82) is 0 Å². The van der Waals surface area contributed by atoms with Gasteiger partial charge in [-0.2, -0.15) is 0 Å². The Morgan fingerprint density at radius 1 is 1.10 bits per heavy atom. The van der Waals surface area contributed by atoms with Crippen molar-refractivity contribution in [3.63, 3.8) is 0 Å².